The Labute approximate surface area is 128 Å². The van der Waals surface area contributed by atoms with Crippen molar-refractivity contribution in [1.82, 2.24) is 0 Å². The number of nitrogens with two attached hydrogens (primary N) is 1. The van der Waals surface area contributed by atoms with Crippen LogP contribution in [0, 0.1) is 5.92 Å². The van der Waals surface area contributed by atoms with Gasteiger partial charge in [-0.05, 0) is 49.8 Å². The van der Waals surface area contributed by atoms with Crippen molar-refractivity contribution in [3.8, 4) is 0 Å². The van der Waals surface area contributed by atoms with Gasteiger partial charge in [0.1, 0.15) is 0 Å². The molecule has 0 aliphatic carbocycles. The zero-order valence-corrected chi connectivity index (χ0v) is 13.5. The molecule has 0 amide bonds. The molecule has 0 radical (unpaired) electrons. The van der Waals surface area contributed by atoms with Crippen LogP contribution in [0.3, 0.4) is 0 Å². The first-order valence-electron chi connectivity index (χ1n) is 7.89. The summed E-state index contributed by atoms with van der Waals surface area (Å²) in [6.07, 6.45) is 6.15. The first-order valence-corrected chi connectivity index (χ1v) is 8.27. The molecule has 1 aliphatic rings. The highest BCUT2D eigenvalue weighted by Gasteiger charge is 2.19. The van der Waals surface area contributed by atoms with E-state index in [9.17, 15) is 0 Å². The summed E-state index contributed by atoms with van der Waals surface area (Å²) < 4.78 is 0. The van der Waals surface area contributed by atoms with Gasteiger partial charge in [-0.15, -0.1) is 0 Å². The van der Waals surface area contributed by atoms with Crippen molar-refractivity contribution in [3.05, 3.63) is 28.8 Å². The van der Waals surface area contributed by atoms with Gasteiger partial charge < -0.3 is 10.6 Å². The van der Waals surface area contributed by atoms with E-state index < -0.39 is 0 Å². The molecule has 112 valence electrons. The molecule has 2 rings (SSSR count). The maximum absolute atomic E-state index is 6.39. The second-order valence-corrected chi connectivity index (χ2v) is 6.58. The normalized spacial score (nSPS) is 18.3. The van der Waals surface area contributed by atoms with E-state index in [1.165, 1.54) is 31.4 Å². The lowest BCUT2D eigenvalue weighted by molar-refractivity contribution is 0.378. The van der Waals surface area contributed by atoms with Crippen molar-refractivity contribution in [1.29, 1.82) is 0 Å². The van der Waals surface area contributed by atoms with Crippen LogP contribution in [0.15, 0.2) is 18.2 Å². The Morgan fingerprint density at radius 2 is 2.05 bits per heavy atom. The fourth-order valence-corrected chi connectivity index (χ4v) is 3.39. The number of hydrogen-bond donors (Lipinski definition) is 1. The Kier molecular flexibility index (Phi) is 5.74. The molecule has 1 atom stereocenters. The average molecular weight is 295 g/mol. The van der Waals surface area contributed by atoms with E-state index in [1.807, 2.05) is 6.92 Å². The molecule has 1 unspecified atom stereocenters. The molecule has 3 heteroatoms. The first-order chi connectivity index (χ1) is 9.60. The maximum atomic E-state index is 6.39. The van der Waals surface area contributed by atoms with Crippen LogP contribution in [0.1, 0.15) is 45.1 Å². The van der Waals surface area contributed by atoms with Crippen molar-refractivity contribution >= 4 is 17.3 Å². The predicted molar refractivity (Wildman–Crippen MR) is 88.7 cm³/mol. The van der Waals surface area contributed by atoms with Crippen LogP contribution in [0.2, 0.25) is 5.02 Å². The molecule has 0 spiro atoms. The minimum atomic E-state index is 0.156. The van der Waals surface area contributed by atoms with Crippen LogP contribution in [0.5, 0.6) is 0 Å². The van der Waals surface area contributed by atoms with Crippen molar-refractivity contribution in [2.24, 2.45) is 11.7 Å². The smallest absolute Gasteiger partial charge is 0.0459 e. The molecule has 1 aromatic rings. The van der Waals surface area contributed by atoms with Gasteiger partial charge in [0.05, 0.1) is 0 Å². The van der Waals surface area contributed by atoms with Crippen molar-refractivity contribution in [2.75, 3.05) is 18.0 Å². The minimum absolute atomic E-state index is 0.156. The minimum Gasteiger partial charge on any atom is -0.371 e. The van der Waals surface area contributed by atoms with Crippen LogP contribution >= 0.6 is 11.6 Å². The Morgan fingerprint density at radius 1 is 1.35 bits per heavy atom. The summed E-state index contributed by atoms with van der Waals surface area (Å²) in [4.78, 5) is 2.47. The average Bonchev–Trinajstić information content (AvgIpc) is 2.42. The third-order valence-electron chi connectivity index (χ3n) is 4.26. The monoisotopic (exact) mass is 294 g/mol. The highest BCUT2D eigenvalue weighted by atomic mass is 35.5. The Morgan fingerprint density at radius 3 is 2.60 bits per heavy atom. The number of rotatable bonds is 5. The Hall–Kier alpha value is -0.730. The van der Waals surface area contributed by atoms with Crippen LogP contribution in [-0.4, -0.2) is 19.1 Å². The van der Waals surface area contributed by atoms with Gasteiger partial charge in [-0.1, -0.05) is 37.4 Å². The summed E-state index contributed by atoms with van der Waals surface area (Å²) >= 11 is 6.39. The van der Waals surface area contributed by atoms with Crippen LogP contribution in [-0.2, 0) is 6.42 Å². The zero-order chi connectivity index (χ0) is 14.5. The maximum Gasteiger partial charge on any atom is 0.0459 e. The molecule has 1 fully saturated rings. The van der Waals surface area contributed by atoms with Gasteiger partial charge in [0.15, 0.2) is 0 Å². The van der Waals surface area contributed by atoms with Gasteiger partial charge in [0.25, 0.3) is 0 Å². The fourth-order valence-electron chi connectivity index (χ4n) is 3.13. The van der Waals surface area contributed by atoms with Gasteiger partial charge in [0.2, 0.25) is 0 Å². The largest absolute Gasteiger partial charge is 0.371 e. The third kappa shape index (κ3) is 4.13. The number of benzene rings is 1. The van der Waals surface area contributed by atoms with Crippen molar-refractivity contribution < 1.29 is 0 Å². The van der Waals surface area contributed by atoms with E-state index in [-0.39, 0.29) is 6.04 Å². The number of halogens is 1. The van der Waals surface area contributed by atoms with E-state index in [1.54, 1.807) is 0 Å². The van der Waals surface area contributed by atoms with Gasteiger partial charge >= 0.3 is 0 Å². The highest BCUT2D eigenvalue weighted by molar-refractivity contribution is 6.31. The molecular weight excluding hydrogens is 268 g/mol. The third-order valence-corrected chi connectivity index (χ3v) is 4.61. The Balaban J connectivity index is 1.98. The van der Waals surface area contributed by atoms with Gasteiger partial charge in [-0.2, -0.15) is 0 Å². The van der Waals surface area contributed by atoms with Crippen molar-refractivity contribution in [2.45, 2.75) is 52.0 Å². The SMILES string of the molecule is CCCC1CCN(c2ccc(CC(C)N)c(Cl)c2)CC1. The second kappa shape index (κ2) is 7.33. The standard InChI is InChI=1S/C17H27ClN2/c1-3-4-14-7-9-20(10-8-14)16-6-5-15(11-13(2)19)17(18)12-16/h5-6,12-14H,3-4,7-11,19H2,1-2H3. The molecule has 0 bridgehead atoms. The predicted octanol–water partition coefficient (Wildman–Crippen LogP) is 4.25. The first kappa shape index (κ1) is 15.7. The van der Waals surface area contributed by atoms with Crippen molar-refractivity contribution in [3.63, 3.8) is 0 Å². The summed E-state index contributed by atoms with van der Waals surface area (Å²) in [5, 5.41) is 0.857. The molecular formula is C17H27ClN2. The van der Waals surface area contributed by atoms with E-state index in [0.717, 1.165) is 36.0 Å². The van der Waals surface area contributed by atoms with Crippen LogP contribution < -0.4 is 10.6 Å². The lowest BCUT2D eigenvalue weighted by Crippen LogP contribution is -2.33. The molecule has 2 N–H and O–H groups in total. The summed E-state index contributed by atoms with van der Waals surface area (Å²) in [5.74, 6) is 0.920. The van der Waals surface area contributed by atoms with E-state index in [4.69, 9.17) is 17.3 Å². The number of anilines is 1. The molecule has 0 aromatic heterocycles. The van der Waals surface area contributed by atoms with E-state index >= 15 is 0 Å². The molecule has 1 aliphatic heterocycles. The summed E-state index contributed by atoms with van der Waals surface area (Å²) in [6.45, 7) is 6.62. The van der Waals surface area contributed by atoms with E-state index in [0.29, 0.717) is 0 Å². The zero-order valence-electron chi connectivity index (χ0n) is 12.7. The topological polar surface area (TPSA) is 29.3 Å². The summed E-state index contributed by atoms with van der Waals surface area (Å²) in [7, 11) is 0. The molecule has 0 saturated carbocycles. The molecule has 1 heterocycles. The number of hydrogen-bond acceptors (Lipinski definition) is 2. The number of nitrogens with zero attached hydrogens (tertiary/aromatic N) is 1. The summed E-state index contributed by atoms with van der Waals surface area (Å²) in [5.41, 5.74) is 8.27. The summed E-state index contributed by atoms with van der Waals surface area (Å²) in [6, 6.07) is 6.60. The fraction of sp³-hybridized carbons (Fsp3) is 0.647. The highest BCUT2D eigenvalue weighted by Crippen LogP contribution is 2.29. The molecule has 2 nitrogen and oxygen atoms in total. The second-order valence-electron chi connectivity index (χ2n) is 6.18. The molecule has 1 aromatic carbocycles. The van der Waals surface area contributed by atoms with Crippen LogP contribution in [0.4, 0.5) is 5.69 Å². The van der Waals surface area contributed by atoms with Gasteiger partial charge in [-0.3, -0.25) is 0 Å². The van der Waals surface area contributed by atoms with Crippen LogP contribution in [0.25, 0.3) is 0 Å². The van der Waals surface area contributed by atoms with E-state index in [2.05, 4.69) is 30.0 Å². The number of piperidine rings is 1. The lowest BCUT2D eigenvalue weighted by Gasteiger charge is -2.33. The van der Waals surface area contributed by atoms with Gasteiger partial charge in [-0.25, -0.2) is 0 Å². The molecule has 20 heavy (non-hydrogen) atoms. The lowest BCUT2D eigenvalue weighted by atomic mass is 9.92. The Bertz CT molecular complexity index is 423. The van der Waals surface area contributed by atoms with Gasteiger partial charge in [0, 0.05) is 29.8 Å². The quantitative estimate of drug-likeness (QED) is 0.880. The molecule has 1 saturated heterocycles.